The zero-order valence-electron chi connectivity index (χ0n) is 18.9. The molecule has 1 aliphatic rings. The van der Waals surface area contributed by atoms with Crippen LogP contribution in [0.1, 0.15) is 41.0 Å². The lowest BCUT2D eigenvalue weighted by molar-refractivity contribution is -0.128. The molecular weight excluding hydrogens is 499 g/mol. The molecule has 0 spiro atoms. The molecule has 174 valence electrons. The summed E-state index contributed by atoms with van der Waals surface area (Å²) >= 11 is 3.40. The Morgan fingerprint density at radius 2 is 1.85 bits per heavy atom. The fourth-order valence-electron chi connectivity index (χ4n) is 4.60. The van der Waals surface area contributed by atoms with E-state index in [1.165, 1.54) is 6.07 Å². The number of nitrogens with one attached hydrogen (secondary N) is 1. The molecule has 4 rings (SSSR count). The maximum Gasteiger partial charge on any atom is 0.221 e. The van der Waals surface area contributed by atoms with Crippen molar-refractivity contribution in [3.63, 3.8) is 0 Å². The molecule has 0 radical (unpaired) electrons. The van der Waals surface area contributed by atoms with E-state index in [0.717, 1.165) is 32.9 Å². The Labute approximate surface area is 205 Å². The van der Waals surface area contributed by atoms with Crippen molar-refractivity contribution in [2.45, 2.75) is 39.2 Å². The molecule has 0 saturated heterocycles. The summed E-state index contributed by atoms with van der Waals surface area (Å²) in [5, 5.41) is 2.84. The minimum absolute atomic E-state index is 0.00917. The average Bonchev–Trinajstić information content (AvgIpc) is 3.05. The SMILES string of the molecule is Cc1cc(-c2ccc(F)cn2)cc(C)c1C1C(=O)CC(CC(=O)NCc2cccc(Br)c2)C1=O. The summed E-state index contributed by atoms with van der Waals surface area (Å²) in [6, 6.07) is 14.3. The molecule has 1 saturated carbocycles. The largest absolute Gasteiger partial charge is 0.352 e. The standard InChI is InChI=1S/C27H24BrFN2O3/c1-15-8-18(22-7-6-21(29)14-30-22)9-16(2)25(15)26-23(32)11-19(27(26)34)12-24(33)31-13-17-4-3-5-20(28)10-17/h3-10,14,19,26H,11-13H2,1-2H3,(H,31,33). The normalized spacial score (nSPS) is 17.8. The van der Waals surface area contributed by atoms with Crippen LogP contribution in [0.4, 0.5) is 4.39 Å². The second-order valence-corrected chi connectivity index (χ2v) is 9.61. The topological polar surface area (TPSA) is 76.1 Å². The van der Waals surface area contributed by atoms with E-state index in [0.29, 0.717) is 17.8 Å². The fraction of sp³-hybridized carbons (Fsp3) is 0.259. The van der Waals surface area contributed by atoms with Gasteiger partial charge in [0.15, 0.2) is 5.78 Å². The summed E-state index contributed by atoms with van der Waals surface area (Å²) < 4.78 is 14.1. The van der Waals surface area contributed by atoms with E-state index in [1.54, 1.807) is 6.07 Å². The highest BCUT2D eigenvalue weighted by Crippen LogP contribution is 2.38. The van der Waals surface area contributed by atoms with Crippen molar-refractivity contribution in [3.05, 3.63) is 87.3 Å². The minimum atomic E-state index is -0.863. The number of halogens is 2. The van der Waals surface area contributed by atoms with Gasteiger partial charge in [0, 0.05) is 35.3 Å². The number of aromatic nitrogens is 1. The van der Waals surface area contributed by atoms with Gasteiger partial charge in [-0.15, -0.1) is 0 Å². The second kappa shape index (κ2) is 9.97. The molecule has 34 heavy (non-hydrogen) atoms. The molecule has 1 N–H and O–H groups in total. The Bertz CT molecular complexity index is 1250. The Kier molecular flexibility index (Phi) is 7.03. The first kappa shape index (κ1) is 24.0. The highest BCUT2D eigenvalue weighted by molar-refractivity contribution is 9.10. The van der Waals surface area contributed by atoms with Crippen LogP contribution in [0.5, 0.6) is 0 Å². The highest BCUT2D eigenvalue weighted by Gasteiger charge is 2.43. The predicted molar refractivity (Wildman–Crippen MR) is 131 cm³/mol. The zero-order chi connectivity index (χ0) is 24.4. The first-order chi connectivity index (χ1) is 16.2. The van der Waals surface area contributed by atoms with Crippen LogP contribution < -0.4 is 5.32 Å². The van der Waals surface area contributed by atoms with Crippen LogP contribution in [0, 0.1) is 25.6 Å². The van der Waals surface area contributed by atoms with Crippen LogP contribution in [-0.2, 0) is 20.9 Å². The Morgan fingerprint density at radius 3 is 2.50 bits per heavy atom. The first-order valence-electron chi connectivity index (χ1n) is 11.0. The molecule has 3 aromatic rings. The number of rotatable bonds is 6. The fourth-order valence-corrected chi connectivity index (χ4v) is 5.05. The number of hydrogen-bond acceptors (Lipinski definition) is 4. The molecule has 5 nitrogen and oxygen atoms in total. The van der Waals surface area contributed by atoms with Crippen LogP contribution in [-0.4, -0.2) is 22.5 Å². The number of pyridine rings is 1. The molecule has 1 aliphatic carbocycles. The number of Topliss-reactive ketones (excluding diaryl/α,β-unsaturated/α-hetero) is 2. The van der Waals surface area contributed by atoms with Crippen LogP contribution in [0.3, 0.4) is 0 Å². The van der Waals surface area contributed by atoms with E-state index in [9.17, 15) is 18.8 Å². The summed E-state index contributed by atoms with van der Waals surface area (Å²) in [7, 11) is 0. The Hall–Kier alpha value is -3.19. The third-order valence-corrected chi connectivity index (χ3v) is 6.67. The van der Waals surface area contributed by atoms with E-state index >= 15 is 0 Å². The number of hydrogen-bond donors (Lipinski definition) is 1. The molecule has 1 aromatic heterocycles. The molecule has 1 heterocycles. The van der Waals surface area contributed by atoms with Gasteiger partial charge in [-0.25, -0.2) is 4.39 Å². The van der Waals surface area contributed by atoms with E-state index in [-0.39, 0.29) is 30.3 Å². The van der Waals surface area contributed by atoms with Crippen molar-refractivity contribution in [2.24, 2.45) is 5.92 Å². The summed E-state index contributed by atoms with van der Waals surface area (Å²) in [6.07, 6.45) is 1.21. The lowest BCUT2D eigenvalue weighted by Gasteiger charge is -2.17. The Morgan fingerprint density at radius 1 is 1.12 bits per heavy atom. The average molecular weight is 523 g/mol. The van der Waals surface area contributed by atoms with Gasteiger partial charge in [-0.05, 0) is 72.5 Å². The van der Waals surface area contributed by atoms with Crippen molar-refractivity contribution in [1.29, 1.82) is 0 Å². The maximum atomic E-state index is 13.2. The van der Waals surface area contributed by atoms with Gasteiger partial charge < -0.3 is 5.32 Å². The first-order valence-corrected chi connectivity index (χ1v) is 11.8. The summed E-state index contributed by atoms with van der Waals surface area (Å²) in [5.74, 6) is -2.52. The summed E-state index contributed by atoms with van der Waals surface area (Å²) in [4.78, 5) is 42.7. The molecule has 0 aliphatic heterocycles. The molecule has 2 atom stereocenters. The molecule has 1 fully saturated rings. The molecule has 1 amide bonds. The van der Waals surface area contributed by atoms with E-state index in [1.807, 2.05) is 50.2 Å². The van der Waals surface area contributed by atoms with Crippen LogP contribution in [0.15, 0.2) is 59.2 Å². The van der Waals surface area contributed by atoms with Gasteiger partial charge in [0.05, 0.1) is 11.9 Å². The number of nitrogens with zero attached hydrogens (tertiary/aromatic N) is 1. The predicted octanol–water partition coefficient (Wildman–Crippen LogP) is 5.22. The van der Waals surface area contributed by atoms with Gasteiger partial charge in [0.2, 0.25) is 5.91 Å². The molecule has 7 heteroatoms. The van der Waals surface area contributed by atoms with Gasteiger partial charge in [-0.3, -0.25) is 19.4 Å². The number of ketones is 2. The van der Waals surface area contributed by atoms with Crippen molar-refractivity contribution in [3.8, 4) is 11.3 Å². The van der Waals surface area contributed by atoms with Gasteiger partial charge in [-0.1, -0.05) is 28.1 Å². The summed E-state index contributed by atoms with van der Waals surface area (Å²) in [5.41, 5.74) is 4.64. The minimum Gasteiger partial charge on any atom is -0.352 e. The summed E-state index contributed by atoms with van der Waals surface area (Å²) in [6.45, 7) is 4.07. The number of amides is 1. The number of carbonyl (C=O) groups is 3. The van der Waals surface area contributed by atoms with Crippen LogP contribution in [0.25, 0.3) is 11.3 Å². The maximum absolute atomic E-state index is 13.2. The molecular formula is C27H24BrFN2O3. The number of aryl methyl sites for hydroxylation is 2. The number of carbonyl (C=O) groups excluding carboxylic acids is 3. The lowest BCUT2D eigenvalue weighted by Crippen LogP contribution is -2.27. The molecule has 2 aromatic carbocycles. The van der Waals surface area contributed by atoms with Crippen molar-refractivity contribution in [2.75, 3.05) is 0 Å². The van der Waals surface area contributed by atoms with Crippen molar-refractivity contribution >= 4 is 33.4 Å². The van der Waals surface area contributed by atoms with Crippen molar-refractivity contribution in [1.82, 2.24) is 10.3 Å². The molecule has 0 bridgehead atoms. The smallest absolute Gasteiger partial charge is 0.221 e. The van der Waals surface area contributed by atoms with Gasteiger partial charge in [0.1, 0.15) is 17.5 Å². The molecule has 2 unspecified atom stereocenters. The van der Waals surface area contributed by atoms with Crippen molar-refractivity contribution < 1.29 is 18.8 Å². The van der Waals surface area contributed by atoms with E-state index < -0.39 is 17.7 Å². The van der Waals surface area contributed by atoms with E-state index in [2.05, 4.69) is 26.2 Å². The van der Waals surface area contributed by atoms with Crippen LogP contribution >= 0.6 is 15.9 Å². The van der Waals surface area contributed by atoms with Gasteiger partial charge in [-0.2, -0.15) is 0 Å². The van der Waals surface area contributed by atoms with Gasteiger partial charge in [0.25, 0.3) is 0 Å². The quantitative estimate of drug-likeness (QED) is 0.450. The highest BCUT2D eigenvalue weighted by atomic mass is 79.9. The van der Waals surface area contributed by atoms with E-state index in [4.69, 9.17) is 0 Å². The lowest BCUT2D eigenvalue weighted by atomic mass is 9.85. The van der Waals surface area contributed by atoms with Crippen LogP contribution in [0.2, 0.25) is 0 Å². The number of benzene rings is 2. The van der Waals surface area contributed by atoms with Gasteiger partial charge >= 0.3 is 0 Å². The third-order valence-electron chi connectivity index (χ3n) is 6.17. The zero-order valence-corrected chi connectivity index (χ0v) is 20.5. The Balaban J connectivity index is 1.48. The third kappa shape index (κ3) is 5.14. The monoisotopic (exact) mass is 522 g/mol. The second-order valence-electron chi connectivity index (χ2n) is 8.70.